The average Bonchev–Trinajstić information content (AvgIpc) is 3.23. The first-order valence-corrected chi connectivity index (χ1v) is 8.66. The second kappa shape index (κ2) is 6.16. The smallest absolute Gasteiger partial charge is 0.323 e. The van der Waals surface area contributed by atoms with Gasteiger partial charge in [0.15, 0.2) is 5.13 Å². The first-order chi connectivity index (χ1) is 11.7. The van der Waals surface area contributed by atoms with Gasteiger partial charge in [0.1, 0.15) is 10.3 Å². The summed E-state index contributed by atoms with van der Waals surface area (Å²) in [6.45, 7) is 3.33. The summed E-state index contributed by atoms with van der Waals surface area (Å²) in [6, 6.07) is 4.05. The molecule has 8 nitrogen and oxygen atoms in total. The Kier molecular flexibility index (Phi) is 3.85. The number of hydrogen-bond donors (Lipinski definition) is 1. The number of fused-ring (bicyclic) bond motifs is 1. The van der Waals surface area contributed by atoms with Crippen molar-refractivity contribution in [3.63, 3.8) is 0 Å². The number of nitrogens with zero attached hydrogens (tertiary/aromatic N) is 6. The van der Waals surface area contributed by atoms with Gasteiger partial charge in [0, 0.05) is 25.0 Å². The predicted octanol–water partition coefficient (Wildman–Crippen LogP) is 2.46. The van der Waals surface area contributed by atoms with E-state index in [9.17, 15) is 4.79 Å². The van der Waals surface area contributed by atoms with Gasteiger partial charge in [0.2, 0.25) is 0 Å². The number of carbonyl (C=O) groups is 1. The monoisotopic (exact) mass is 343 g/mol. The molecule has 0 aromatic carbocycles. The number of aromatic nitrogens is 5. The summed E-state index contributed by atoms with van der Waals surface area (Å²) in [5, 5.41) is 11.4. The highest BCUT2D eigenvalue weighted by Gasteiger charge is 2.24. The molecule has 9 heteroatoms. The van der Waals surface area contributed by atoms with Crippen molar-refractivity contribution in [2.24, 2.45) is 0 Å². The molecule has 1 N–H and O–H groups in total. The number of nitrogens with one attached hydrogen (secondary N) is 1. The molecule has 0 saturated carbocycles. The number of hydrogen-bond acceptors (Lipinski definition) is 6. The van der Waals surface area contributed by atoms with Crippen LogP contribution in [0.5, 0.6) is 0 Å². The van der Waals surface area contributed by atoms with Gasteiger partial charge >= 0.3 is 6.03 Å². The number of likely N-dealkylation sites (tertiary alicyclic amines) is 1. The molecular formula is C15H17N7OS. The molecule has 124 valence electrons. The molecule has 3 aromatic rings. The van der Waals surface area contributed by atoms with Gasteiger partial charge in [-0.1, -0.05) is 16.6 Å². The van der Waals surface area contributed by atoms with Gasteiger partial charge in [0.25, 0.3) is 0 Å². The lowest BCUT2D eigenvalue weighted by molar-refractivity contribution is 0.179. The summed E-state index contributed by atoms with van der Waals surface area (Å²) in [6.07, 6.45) is 5.30. The summed E-state index contributed by atoms with van der Waals surface area (Å²) in [4.78, 5) is 23.9. The van der Waals surface area contributed by atoms with Gasteiger partial charge in [-0.25, -0.2) is 19.4 Å². The Morgan fingerprint density at radius 1 is 1.29 bits per heavy atom. The quantitative estimate of drug-likeness (QED) is 0.772. The standard InChI is InChI=1S/C15H17N7OS/c1-10-2-3-12-13(17-10)24-14(18-12)19-15(23)21-7-4-11(5-8-21)22-9-6-16-20-22/h2-3,6,9,11H,4-5,7-8H2,1H3,(H,18,19,23). The summed E-state index contributed by atoms with van der Waals surface area (Å²) in [7, 11) is 0. The fourth-order valence-corrected chi connectivity index (χ4v) is 3.75. The van der Waals surface area contributed by atoms with E-state index >= 15 is 0 Å². The fraction of sp³-hybridized carbons (Fsp3) is 0.400. The van der Waals surface area contributed by atoms with Gasteiger partial charge in [-0.15, -0.1) is 5.10 Å². The second-order valence-corrected chi connectivity index (χ2v) is 6.80. The third-order valence-electron chi connectivity index (χ3n) is 4.18. The van der Waals surface area contributed by atoms with E-state index in [2.05, 4.69) is 25.6 Å². The van der Waals surface area contributed by atoms with E-state index in [-0.39, 0.29) is 6.03 Å². The number of aryl methyl sites for hydroxylation is 1. The van der Waals surface area contributed by atoms with E-state index in [4.69, 9.17) is 0 Å². The molecule has 0 atom stereocenters. The van der Waals surface area contributed by atoms with E-state index in [0.29, 0.717) is 24.3 Å². The van der Waals surface area contributed by atoms with Crippen molar-refractivity contribution >= 4 is 32.8 Å². The van der Waals surface area contributed by atoms with Crippen molar-refractivity contribution in [1.29, 1.82) is 0 Å². The molecule has 2 amide bonds. The Bertz CT molecular complexity index is 852. The van der Waals surface area contributed by atoms with Crippen LogP contribution in [0.1, 0.15) is 24.6 Å². The predicted molar refractivity (Wildman–Crippen MR) is 91.0 cm³/mol. The highest BCUT2D eigenvalue weighted by Crippen LogP contribution is 2.26. The SMILES string of the molecule is Cc1ccc2nc(NC(=O)N3CCC(n4ccnn4)CC3)sc2n1. The zero-order valence-corrected chi connectivity index (χ0v) is 14.0. The zero-order chi connectivity index (χ0) is 16.5. The minimum Gasteiger partial charge on any atom is -0.324 e. The lowest BCUT2D eigenvalue weighted by Crippen LogP contribution is -2.41. The van der Waals surface area contributed by atoms with Crippen LogP contribution in [-0.4, -0.2) is 49.0 Å². The largest absolute Gasteiger partial charge is 0.324 e. The highest BCUT2D eigenvalue weighted by atomic mass is 32.1. The van der Waals surface area contributed by atoms with Crippen LogP contribution < -0.4 is 5.32 Å². The van der Waals surface area contributed by atoms with Crippen molar-refractivity contribution < 1.29 is 4.79 Å². The van der Waals surface area contributed by atoms with E-state index in [1.165, 1.54) is 11.3 Å². The zero-order valence-electron chi connectivity index (χ0n) is 13.2. The van der Waals surface area contributed by atoms with E-state index in [1.807, 2.05) is 34.8 Å². The van der Waals surface area contributed by atoms with Crippen LogP contribution in [0.3, 0.4) is 0 Å². The van der Waals surface area contributed by atoms with Crippen LogP contribution in [0.25, 0.3) is 10.3 Å². The van der Waals surface area contributed by atoms with Gasteiger partial charge in [-0.05, 0) is 31.9 Å². The van der Waals surface area contributed by atoms with Crippen molar-refractivity contribution in [3.8, 4) is 0 Å². The maximum absolute atomic E-state index is 12.4. The summed E-state index contributed by atoms with van der Waals surface area (Å²) >= 11 is 1.40. The Hall–Kier alpha value is -2.55. The van der Waals surface area contributed by atoms with Crippen molar-refractivity contribution in [2.45, 2.75) is 25.8 Å². The Labute approximate surface area is 142 Å². The lowest BCUT2D eigenvalue weighted by Gasteiger charge is -2.31. The molecule has 24 heavy (non-hydrogen) atoms. The topological polar surface area (TPSA) is 88.8 Å². The van der Waals surface area contributed by atoms with Gasteiger partial charge in [-0.3, -0.25) is 5.32 Å². The molecule has 4 rings (SSSR count). The fourth-order valence-electron chi connectivity index (χ4n) is 2.88. The summed E-state index contributed by atoms with van der Waals surface area (Å²) in [5.74, 6) is 0. The first kappa shape index (κ1) is 15.0. The number of rotatable bonds is 2. The number of carbonyl (C=O) groups excluding carboxylic acids is 1. The summed E-state index contributed by atoms with van der Waals surface area (Å²) in [5.41, 5.74) is 1.75. The molecule has 1 aliphatic heterocycles. The molecule has 3 aromatic heterocycles. The first-order valence-electron chi connectivity index (χ1n) is 7.85. The van der Waals surface area contributed by atoms with Crippen LogP contribution in [-0.2, 0) is 0 Å². The molecule has 1 saturated heterocycles. The third kappa shape index (κ3) is 2.94. The van der Waals surface area contributed by atoms with E-state index in [1.54, 1.807) is 6.20 Å². The Morgan fingerprint density at radius 2 is 2.12 bits per heavy atom. The lowest BCUT2D eigenvalue weighted by atomic mass is 10.1. The van der Waals surface area contributed by atoms with Crippen LogP contribution in [0.4, 0.5) is 9.93 Å². The second-order valence-electron chi connectivity index (χ2n) is 5.83. The number of piperidine rings is 1. The highest BCUT2D eigenvalue weighted by molar-refractivity contribution is 7.21. The van der Waals surface area contributed by atoms with Crippen LogP contribution in [0, 0.1) is 6.92 Å². The average molecular weight is 343 g/mol. The number of urea groups is 1. The van der Waals surface area contributed by atoms with Gasteiger partial charge in [0.05, 0.1) is 12.2 Å². The molecule has 0 radical (unpaired) electrons. The molecule has 0 aliphatic carbocycles. The molecule has 4 heterocycles. The molecule has 0 spiro atoms. The number of amides is 2. The molecule has 1 aliphatic rings. The Balaban J connectivity index is 1.39. The Morgan fingerprint density at radius 3 is 2.88 bits per heavy atom. The van der Waals surface area contributed by atoms with Crippen molar-refractivity contribution in [3.05, 3.63) is 30.2 Å². The number of anilines is 1. The maximum atomic E-state index is 12.4. The van der Waals surface area contributed by atoms with Crippen LogP contribution in [0.15, 0.2) is 24.5 Å². The molecule has 0 unspecified atom stereocenters. The number of pyridine rings is 1. The summed E-state index contributed by atoms with van der Waals surface area (Å²) < 4.78 is 1.87. The van der Waals surface area contributed by atoms with Crippen molar-refractivity contribution in [1.82, 2.24) is 29.9 Å². The van der Waals surface area contributed by atoms with E-state index in [0.717, 1.165) is 28.9 Å². The van der Waals surface area contributed by atoms with Crippen LogP contribution in [0.2, 0.25) is 0 Å². The molecular weight excluding hydrogens is 326 g/mol. The van der Waals surface area contributed by atoms with Crippen molar-refractivity contribution in [2.75, 3.05) is 18.4 Å². The van der Waals surface area contributed by atoms with Gasteiger partial charge in [-0.2, -0.15) is 0 Å². The molecule has 0 bridgehead atoms. The van der Waals surface area contributed by atoms with Crippen LogP contribution >= 0.6 is 11.3 Å². The molecule has 1 fully saturated rings. The van der Waals surface area contributed by atoms with Gasteiger partial charge < -0.3 is 4.90 Å². The minimum atomic E-state index is -0.109. The third-order valence-corrected chi connectivity index (χ3v) is 5.06. The maximum Gasteiger partial charge on any atom is 0.323 e. The minimum absolute atomic E-state index is 0.109. The van der Waals surface area contributed by atoms with E-state index < -0.39 is 0 Å². The normalized spacial score (nSPS) is 15.8. The number of thiazole rings is 1.